The molecule has 1 atom stereocenters. The van der Waals surface area contributed by atoms with E-state index in [1.54, 1.807) is 0 Å². The van der Waals surface area contributed by atoms with Crippen molar-refractivity contribution in [3.8, 4) is 0 Å². The fraction of sp³-hybridized carbons (Fsp3) is 0.300. The number of benzene rings is 1. The number of fused-ring (bicyclic) bond motifs is 1. The van der Waals surface area contributed by atoms with Gasteiger partial charge in [0.05, 0.1) is 0 Å². The van der Waals surface area contributed by atoms with Crippen molar-refractivity contribution < 1.29 is 4.74 Å². The predicted octanol–water partition coefficient (Wildman–Crippen LogP) is 1.44. The number of nitrogens with two attached hydrogens (primary N) is 1. The molecule has 1 aromatic carbocycles. The fourth-order valence-corrected chi connectivity index (χ4v) is 1.50. The molecule has 0 aromatic heterocycles. The molecule has 2 N–H and O–H groups in total. The van der Waals surface area contributed by atoms with Gasteiger partial charge in [0.25, 0.3) is 0 Å². The van der Waals surface area contributed by atoms with Crippen LogP contribution in [0.25, 0.3) is 0 Å². The predicted molar refractivity (Wildman–Crippen MR) is 51.5 cm³/mol. The SMILES string of the molecule is CCOC1N=C(N)c2ccccc21. The summed E-state index contributed by atoms with van der Waals surface area (Å²) in [6, 6.07) is 7.89. The normalized spacial score (nSPS) is 19.8. The van der Waals surface area contributed by atoms with E-state index in [1.165, 1.54) is 0 Å². The van der Waals surface area contributed by atoms with Crippen molar-refractivity contribution in [2.75, 3.05) is 6.61 Å². The molecule has 2 rings (SSSR count). The van der Waals surface area contributed by atoms with Gasteiger partial charge < -0.3 is 10.5 Å². The van der Waals surface area contributed by atoms with Crippen LogP contribution >= 0.6 is 0 Å². The van der Waals surface area contributed by atoms with E-state index in [2.05, 4.69) is 4.99 Å². The Morgan fingerprint density at radius 1 is 1.46 bits per heavy atom. The summed E-state index contributed by atoms with van der Waals surface area (Å²) in [7, 11) is 0. The lowest BCUT2D eigenvalue weighted by Crippen LogP contribution is -2.09. The van der Waals surface area contributed by atoms with Crippen molar-refractivity contribution in [1.82, 2.24) is 0 Å². The van der Waals surface area contributed by atoms with Crippen LogP contribution in [0.4, 0.5) is 0 Å². The molecule has 68 valence electrons. The number of amidine groups is 1. The Morgan fingerprint density at radius 3 is 3.00 bits per heavy atom. The lowest BCUT2D eigenvalue weighted by molar-refractivity contribution is 0.0717. The summed E-state index contributed by atoms with van der Waals surface area (Å²) >= 11 is 0. The van der Waals surface area contributed by atoms with E-state index in [4.69, 9.17) is 10.5 Å². The van der Waals surface area contributed by atoms with Crippen LogP contribution < -0.4 is 5.73 Å². The zero-order chi connectivity index (χ0) is 9.26. The van der Waals surface area contributed by atoms with Gasteiger partial charge in [0.15, 0.2) is 6.23 Å². The Bertz CT molecular complexity index is 347. The summed E-state index contributed by atoms with van der Waals surface area (Å²) in [6.07, 6.45) is -0.193. The third-order valence-corrected chi connectivity index (χ3v) is 2.08. The Hall–Kier alpha value is -1.35. The number of hydrogen-bond acceptors (Lipinski definition) is 3. The maximum absolute atomic E-state index is 5.74. The van der Waals surface area contributed by atoms with Crippen LogP contribution in [0.5, 0.6) is 0 Å². The van der Waals surface area contributed by atoms with Crippen molar-refractivity contribution in [3.63, 3.8) is 0 Å². The molecule has 13 heavy (non-hydrogen) atoms. The van der Waals surface area contributed by atoms with Crippen molar-refractivity contribution in [1.29, 1.82) is 0 Å². The Balaban J connectivity index is 2.38. The highest BCUT2D eigenvalue weighted by molar-refractivity contribution is 6.01. The first-order valence-corrected chi connectivity index (χ1v) is 4.37. The average molecular weight is 176 g/mol. The second-order valence-corrected chi connectivity index (χ2v) is 2.91. The quantitative estimate of drug-likeness (QED) is 0.741. The third kappa shape index (κ3) is 1.31. The van der Waals surface area contributed by atoms with Gasteiger partial charge in [-0.15, -0.1) is 0 Å². The molecule has 0 saturated heterocycles. The first kappa shape index (κ1) is 8.26. The minimum Gasteiger partial charge on any atom is -0.383 e. The molecule has 0 amide bonds. The summed E-state index contributed by atoms with van der Waals surface area (Å²) < 4.78 is 5.43. The number of ether oxygens (including phenoxy) is 1. The van der Waals surface area contributed by atoms with Crippen LogP contribution in [-0.2, 0) is 4.74 Å². The summed E-state index contributed by atoms with van der Waals surface area (Å²) in [5.41, 5.74) is 7.81. The van der Waals surface area contributed by atoms with Crippen LogP contribution in [-0.4, -0.2) is 12.4 Å². The third-order valence-electron chi connectivity index (χ3n) is 2.08. The van der Waals surface area contributed by atoms with Crippen molar-refractivity contribution in [3.05, 3.63) is 35.4 Å². The smallest absolute Gasteiger partial charge is 0.177 e. The van der Waals surface area contributed by atoms with Gasteiger partial charge in [-0.3, -0.25) is 0 Å². The lowest BCUT2D eigenvalue weighted by atomic mass is 10.1. The molecule has 1 heterocycles. The average Bonchev–Trinajstić information content (AvgIpc) is 2.46. The van der Waals surface area contributed by atoms with E-state index in [1.807, 2.05) is 31.2 Å². The zero-order valence-corrected chi connectivity index (χ0v) is 7.53. The summed E-state index contributed by atoms with van der Waals surface area (Å²) in [5, 5.41) is 0. The highest BCUT2D eigenvalue weighted by atomic mass is 16.5. The number of hydrogen-bond donors (Lipinski definition) is 1. The maximum atomic E-state index is 5.74. The molecule has 1 aromatic rings. The zero-order valence-electron chi connectivity index (χ0n) is 7.53. The molecular weight excluding hydrogens is 164 g/mol. The van der Waals surface area contributed by atoms with Gasteiger partial charge >= 0.3 is 0 Å². The minimum atomic E-state index is -0.193. The van der Waals surface area contributed by atoms with Crippen LogP contribution in [0.3, 0.4) is 0 Å². The van der Waals surface area contributed by atoms with Gasteiger partial charge in [0.1, 0.15) is 5.84 Å². The minimum absolute atomic E-state index is 0.193. The molecule has 0 radical (unpaired) electrons. The summed E-state index contributed by atoms with van der Waals surface area (Å²) in [5.74, 6) is 0.578. The Labute approximate surface area is 77.2 Å². The molecule has 0 fully saturated rings. The standard InChI is InChI=1S/C10H12N2O/c1-2-13-10-8-6-4-3-5-7(8)9(11)12-10/h3-6,10H,2H2,1H3,(H2,11,12). The molecule has 0 aliphatic carbocycles. The van der Waals surface area contributed by atoms with E-state index in [0.29, 0.717) is 12.4 Å². The summed E-state index contributed by atoms with van der Waals surface area (Å²) in [6.45, 7) is 2.60. The van der Waals surface area contributed by atoms with Gasteiger partial charge in [-0.1, -0.05) is 24.3 Å². The van der Waals surface area contributed by atoms with Crippen LogP contribution in [0, 0.1) is 0 Å². The van der Waals surface area contributed by atoms with Crippen molar-refractivity contribution >= 4 is 5.84 Å². The molecule has 1 aliphatic rings. The van der Waals surface area contributed by atoms with E-state index in [0.717, 1.165) is 11.1 Å². The molecule has 3 heteroatoms. The monoisotopic (exact) mass is 176 g/mol. The van der Waals surface area contributed by atoms with Crippen LogP contribution in [0.2, 0.25) is 0 Å². The van der Waals surface area contributed by atoms with Gasteiger partial charge in [-0.05, 0) is 6.92 Å². The van der Waals surface area contributed by atoms with E-state index >= 15 is 0 Å². The number of aliphatic imine (C=N–C) groups is 1. The summed E-state index contributed by atoms with van der Waals surface area (Å²) in [4.78, 5) is 4.22. The second kappa shape index (κ2) is 3.18. The van der Waals surface area contributed by atoms with Crippen molar-refractivity contribution in [2.24, 2.45) is 10.7 Å². The largest absolute Gasteiger partial charge is 0.383 e. The molecule has 1 unspecified atom stereocenters. The van der Waals surface area contributed by atoms with Gasteiger partial charge in [0, 0.05) is 17.7 Å². The maximum Gasteiger partial charge on any atom is 0.177 e. The van der Waals surface area contributed by atoms with Crippen LogP contribution in [0.15, 0.2) is 29.3 Å². The second-order valence-electron chi connectivity index (χ2n) is 2.91. The highest BCUT2D eigenvalue weighted by Gasteiger charge is 2.22. The molecule has 3 nitrogen and oxygen atoms in total. The molecule has 0 saturated carbocycles. The molecule has 0 bridgehead atoms. The number of rotatable bonds is 2. The number of nitrogens with zero attached hydrogens (tertiary/aromatic N) is 1. The molecular formula is C10H12N2O. The molecule has 0 spiro atoms. The van der Waals surface area contributed by atoms with E-state index < -0.39 is 0 Å². The van der Waals surface area contributed by atoms with Crippen molar-refractivity contribution in [2.45, 2.75) is 13.2 Å². The Kier molecular flexibility index (Phi) is 2.02. The van der Waals surface area contributed by atoms with Gasteiger partial charge in [0.2, 0.25) is 0 Å². The first-order valence-electron chi connectivity index (χ1n) is 4.37. The van der Waals surface area contributed by atoms with E-state index in [9.17, 15) is 0 Å². The van der Waals surface area contributed by atoms with Gasteiger partial charge in [-0.2, -0.15) is 0 Å². The van der Waals surface area contributed by atoms with Crippen LogP contribution in [0.1, 0.15) is 24.3 Å². The topological polar surface area (TPSA) is 47.6 Å². The van der Waals surface area contributed by atoms with Gasteiger partial charge in [-0.25, -0.2) is 4.99 Å². The fourth-order valence-electron chi connectivity index (χ4n) is 1.50. The molecule has 1 aliphatic heterocycles. The lowest BCUT2D eigenvalue weighted by Gasteiger charge is -2.07. The highest BCUT2D eigenvalue weighted by Crippen LogP contribution is 2.28. The van der Waals surface area contributed by atoms with E-state index in [-0.39, 0.29) is 6.23 Å². The Morgan fingerprint density at radius 2 is 2.23 bits per heavy atom. The first-order chi connectivity index (χ1) is 6.33.